The summed E-state index contributed by atoms with van der Waals surface area (Å²) in [7, 11) is 0. The summed E-state index contributed by atoms with van der Waals surface area (Å²) in [6.45, 7) is 1.30. The third-order valence-electron chi connectivity index (χ3n) is 3.21. The second-order valence-electron chi connectivity index (χ2n) is 5.09. The van der Waals surface area contributed by atoms with E-state index in [1.807, 2.05) is 35.2 Å². The van der Waals surface area contributed by atoms with E-state index in [9.17, 15) is 9.59 Å². The molecular formula is C17H15N3O4. The first kappa shape index (κ1) is 15.5. The normalized spacial score (nSPS) is 10.4. The van der Waals surface area contributed by atoms with E-state index in [0.717, 1.165) is 5.69 Å². The zero-order chi connectivity index (χ0) is 16.9. The van der Waals surface area contributed by atoms with Crippen LogP contribution >= 0.6 is 0 Å². The first-order valence-electron chi connectivity index (χ1n) is 7.25. The van der Waals surface area contributed by atoms with Crippen molar-refractivity contribution in [1.82, 2.24) is 9.72 Å². The van der Waals surface area contributed by atoms with E-state index in [4.69, 9.17) is 9.26 Å². The molecule has 0 bridgehead atoms. The molecule has 1 amide bonds. The Balaban J connectivity index is 1.59. The first-order valence-corrected chi connectivity index (χ1v) is 7.25. The average molecular weight is 325 g/mol. The maximum Gasteiger partial charge on any atom is 0.338 e. The molecule has 0 saturated carbocycles. The molecule has 0 fully saturated rings. The van der Waals surface area contributed by atoms with Crippen LogP contribution < -0.4 is 5.32 Å². The fourth-order valence-electron chi connectivity index (χ4n) is 2.12. The van der Waals surface area contributed by atoms with Crippen LogP contribution in [0.1, 0.15) is 16.1 Å². The number of esters is 1. The van der Waals surface area contributed by atoms with E-state index >= 15 is 0 Å². The molecule has 0 aliphatic heterocycles. The van der Waals surface area contributed by atoms with Crippen molar-refractivity contribution in [3.63, 3.8) is 0 Å². The molecule has 7 heteroatoms. The number of hydrogen-bond acceptors (Lipinski definition) is 5. The minimum atomic E-state index is -0.574. The summed E-state index contributed by atoms with van der Waals surface area (Å²) in [6, 6.07) is 12.3. The molecule has 2 heterocycles. The molecule has 0 aliphatic rings. The van der Waals surface area contributed by atoms with Gasteiger partial charge in [-0.2, -0.15) is 0 Å². The van der Waals surface area contributed by atoms with Gasteiger partial charge in [0.2, 0.25) is 0 Å². The van der Waals surface area contributed by atoms with Gasteiger partial charge >= 0.3 is 5.97 Å². The highest BCUT2D eigenvalue weighted by Crippen LogP contribution is 2.12. The van der Waals surface area contributed by atoms with Gasteiger partial charge in [-0.15, -0.1) is 0 Å². The number of amides is 1. The predicted octanol–water partition coefficient (Wildman–Crippen LogP) is 2.57. The van der Waals surface area contributed by atoms with Crippen LogP contribution in [0.5, 0.6) is 0 Å². The number of nitrogens with zero attached hydrogens (tertiary/aromatic N) is 2. The van der Waals surface area contributed by atoms with Crippen LogP contribution in [-0.4, -0.2) is 28.2 Å². The van der Waals surface area contributed by atoms with E-state index < -0.39 is 18.5 Å². The van der Waals surface area contributed by atoms with Gasteiger partial charge in [0.1, 0.15) is 5.76 Å². The average Bonchev–Trinajstić information content (AvgIpc) is 3.25. The predicted molar refractivity (Wildman–Crippen MR) is 85.9 cm³/mol. The maximum absolute atomic E-state index is 12.1. The molecule has 3 aromatic rings. The van der Waals surface area contributed by atoms with Crippen molar-refractivity contribution in [3.8, 4) is 5.69 Å². The summed E-state index contributed by atoms with van der Waals surface area (Å²) >= 11 is 0. The van der Waals surface area contributed by atoms with Crippen LogP contribution in [0.2, 0.25) is 0 Å². The Morgan fingerprint density at radius 3 is 2.71 bits per heavy atom. The second-order valence-corrected chi connectivity index (χ2v) is 5.09. The minimum Gasteiger partial charge on any atom is -0.452 e. The Labute approximate surface area is 137 Å². The molecule has 3 rings (SSSR count). The van der Waals surface area contributed by atoms with Crippen LogP contribution in [-0.2, 0) is 9.53 Å². The summed E-state index contributed by atoms with van der Waals surface area (Å²) in [5.74, 6) is -0.207. The van der Waals surface area contributed by atoms with Crippen molar-refractivity contribution in [2.45, 2.75) is 6.92 Å². The third kappa shape index (κ3) is 3.70. The van der Waals surface area contributed by atoms with Crippen LogP contribution in [0.25, 0.3) is 5.69 Å². The number of anilines is 1. The highest BCUT2D eigenvalue weighted by atomic mass is 16.5. The van der Waals surface area contributed by atoms with Crippen molar-refractivity contribution in [2.75, 3.05) is 11.9 Å². The number of carbonyl (C=O) groups is 2. The van der Waals surface area contributed by atoms with Gasteiger partial charge in [0.25, 0.3) is 5.91 Å². The fourth-order valence-corrected chi connectivity index (χ4v) is 2.12. The van der Waals surface area contributed by atoms with Gasteiger partial charge in [0, 0.05) is 24.1 Å². The number of aryl methyl sites for hydroxylation is 1. The number of hydrogen-bond donors (Lipinski definition) is 1. The summed E-state index contributed by atoms with van der Waals surface area (Å²) in [4.78, 5) is 23.8. The molecule has 122 valence electrons. The molecule has 0 unspecified atom stereocenters. The van der Waals surface area contributed by atoms with E-state index in [-0.39, 0.29) is 5.82 Å². The molecule has 0 aliphatic carbocycles. The van der Waals surface area contributed by atoms with Gasteiger partial charge in [-0.25, -0.2) is 4.79 Å². The molecule has 7 nitrogen and oxygen atoms in total. The smallest absolute Gasteiger partial charge is 0.338 e. The van der Waals surface area contributed by atoms with Crippen LogP contribution in [0, 0.1) is 6.92 Å². The Morgan fingerprint density at radius 2 is 2.00 bits per heavy atom. The zero-order valence-corrected chi connectivity index (χ0v) is 12.9. The first-order chi connectivity index (χ1) is 11.6. The van der Waals surface area contributed by atoms with Gasteiger partial charge < -0.3 is 19.1 Å². The van der Waals surface area contributed by atoms with E-state index in [1.54, 1.807) is 31.2 Å². The standard InChI is InChI=1S/C17H15N3O4/c1-12-9-15(19-24-12)18-16(21)11-23-17(22)13-5-4-6-14(10-13)20-7-2-3-8-20/h2-10H,11H2,1H3,(H,18,19,21). The van der Waals surface area contributed by atoms with Crippen molar-refractivity contribution in [3.05, 3.63) is 66.2 Å². The minimum absolute atomic E-state index is 0.281. The lowest BCUT2D eigenvalue weighted by atomic mass is 10.2. The van der Waals surface area contributed by atoms with Crippen molar-refractivity contribution in [1.29, 1.82) is 0 Å². The monoisotopic (exact) mass is 325 g/mol. The highest BCUT2D eigenvalue weighted by molar-refractivity contribution is 5.95. The number of rotatable bonds is 5. The summed E-state index contributed by atoms with van der Waals surface area (Å²) in [5, 5.41) is 6.11. The van der Waals surface area contributed by atoms with E-state index in [1.165, 1.54) is 0 Å². The van der Waals surface area contributed by atoms with Gasteiger partial charge in [0.15, 0.2) is 12.4 Å². The number of aromatic nitrogens is 2. The Hall–Kier alpha value is -3.35. The number of nitrogens with one attached hydrogen (secondary N) is 1. The lowest BCUT2D eigenvalue weighted by Crippen LogP contribution is -2.21. The Kier molecular flexibility index (Phi) is 4.42. The van der Waals surface area contributed by atoms with Gasteiger partial charge in [-0.3, -0.25) is 4.79 Å². The van der Waals surface area contributed by atoms with Crippen LogP contribution in [0.4, 0.5) is 5.82 Å². The fraction of sp³-hybridized carbons (Fsp3) is 0.118. The largest absolute Gasteiger partial charge is 0.452 e. The van der Waals surface area contributed by atoms with Gasteiger partial charge in [-0.1, -0.05) is 11.2 Å². The lowest BCUT2D eigenvalue weighted by Gasteiger charge is -2.07. The van der Waals surface area contributed by atoms with Crippen molar-refractivity contribution in [2.24, 2.45) is 0 Å². The maximum atomic E-state index is 12.1. The molecule has 24 heavy (non-hydrogen) atoms. The second kappa shape index (κ2) is 6.82. The topological polar surface area (TPSA) is 86.4 Å². The molecule has 0 radical (unpaired) electrons. The molecule has 0 saturated heterocycles. The molecular weight excluding hydrogens is 310 g/mol. The SMILES string of the molecule is Cc1cc(NC(=O)COC(=O)c2cccc(-n3cccc3)c2)no1. The zero-order valence-electron chi connectivity index (χ0n) is 12.9. The van der Waals surface area contributed by atoms with Crippen molar-refractivity contribution >= 4 is 17.7 Å². The summed E-state index contributed by atoms with van der Waals surface area (Å²) in [5.41, 5.74) is 1.20. The Morgan fingerprint density at radius 1 is 1.21 bits per heavy atom. The molecule has 0 spiro atoms. The molecule has 0 atom stereocenters. The van der Waals surface area contributed by atoms with Gasteiger partial charge in [0.05, 0.1) is 5.56 Å². The molecule has 1 aromatic carbocycles. The van der Waals surface area contributed by atoms with E-state index in [2.05, 4.69) is 10.5 Å². The van der Waals surface area contributed by atoms with Crippen LogP contribution in [0.15, 0.2) is 59.4 Å². The lowest BCUT2D eigenvalue weighted by molar-refractivity contribution is -0.119. The number of carbonyl (C=O) groups excluding carboxylic acids is 2. The molecule has 2 aromatic heterocycles. The highest BCUT2D eigenvalue weighted by Gasteiger charge is 2.12. The van der Waals surface area contributed by atoms with Crippen molar-refractivity contribution < 1.29 is 18.8 Å². The summed E-state index contributed by atoms with van der Waals surface area (Å²) < 4.78 is 11.7. The third-order valence-corrected chi connectivity index (χ3v) is 3.21. The van der Waals surface area contributed by atoms with E-state index in [0.29, 0.717) is 11.3 Å². The number of benzene rings is 1. The van der Waals surface area contributed by atoms with Gasteiger partial charge in [-0.05, 0) is 37.3 Å². The summed E-state index contributed by atoms with van der Waals surface area (Å²) in [6.07, 6.45) is 3.75. The number of ether oxygens (including phenoxy) is 1. The van der Waals surface area contributed by atoms with Crippen LogP contribution in [0.3, 0.4) is 0 Å². The molecule has 1 N–H and O–H groups in total. The quantitative estimate of drug-likeness (QED) is 0.729. The Bertz CT molecular complexity index is 852.